The van der Waals surface area contributed by atoms with E-state index in [1.54, 1.807) is 4.91 Å². The molecule has 0 radical (unpaired) electrons. The highest BCUT2D eigenvalue weighted by atomic mass is 79.9. The second kappa shape index (κ2) is 3.22. The topological polar surface area (TPSA) is 0 Å². The van der Waals surface area contributed by atoms with E-state index >= 15 is 0 Å². The molecular weight excluding hydrogens is 232 g/mol. The van der Waals surface area contributed by atoms with E-state index in [1.807, 2.05) is 11.8 Å². The Morgan fingerprint density at radius 2 is 2.17 bits per heavy atom. The van der Waals surface area contributed by atoms with Gasteiger partial charge in [-0.15, -0.1) is 0 Å². The first kappa shape index (κ1) is 8.89. The third-order valence-electron chi connectivity index (χ3n) is 2.84. The third-order valence-corrected chi connectivity index (χ3v) is 4.89. The highest BCUT2D eigenvalue weighted by molar-refractivity contribution is 9.14. The summed E-state index contributed by atoms with van der Waals surface area (Å²) in [5, 5.41) is 0. The maximum Gasteiger partial charge on any atom is 0.0511 e. The van der Waals surface area contributed by atoms with Gasteiger partial charge in [0.15, 0.2) is 0 Å². The molecule has 0 bridgehead atoms. The van der Waals surface area contributed by atoms with Crippen LogP contribution in [-0.4, -0.2) is 0 Å². The van der Waals surface area contributed by atoms with Crippen molar-refractivity contribution in [2.45, 2.75) is 32.6 Å². The zero-order valence-electron chi connectivity index (χ0n) is 7.27. The van der Waals surface area contributed by atoms with Gasteiger partial charge in [-0.1, -0.05) is 37.3 Å². The Morgan fingerprint density at radius 1 is 1.42 bits per heavy atom. The molecule has 0 unspecified atom stereocenters. The lowest BCUT2D eigenvalue weighted by Gasteiger charge is -2.41. The molecule has 0 saturated heterocycles. The van der Waals surface area contributed by atoms with Crippen molar-refractivity contribution in [3.05, 3.63) is 20.9 Å². The number of allylic oxidation sites excluding steroid dienone is 3. The fourth-order valence-corrected chi connectivity index (χ4v) is 3.50. The van der Waals surface area contributed by atoms with Crippen LogP contribution in [0, 0.1) is 5.41 Å². The van der Waals surface area contributed by atoms with Crippen molar-refractivity contribution in [1.82, 2.24) is 0 Å². The molecule has 1 saturated carbocycles. The summed E-state index contributed by atoms with van der Waals surface area (Å²) in [6.45, 7) is 2.39. The summed E-state index contributed by atoms with van der Waals surface area (Å²) < 4.78 is 1.30. The Labute approximate surface area is 86.6 Å². The molecule has 2 aliphatic rings. The Kier molecular flexibility index (Phi) is 2.39. The lowest BCUT2D eigenvalue weighted by Crippen LogP contribution is -2.26. The predicted octanol–water partition coefficient (Wildman–Crippen LogP) is 4.43. The quantitative estimate of drug-likeness (QED) is 0.658. The predicted molar refractivity (Wildman–Crippen MR) is 59.3 cm³/mol. The summed E-state index contributed by atoms with van der Waals surface area (Å²) in [5.74, 6) is 0. The van der Waals surface area contributed by atoms with E-state index in [1.165, 1.54) is 23.1 Å². The molecular formula is C10H13BrS. The highest BCUT2D eigenvalue weighted by Gasteiger charge is 2.36. The Hall–Kier alpha value is 0.310. The first-order chi connectivity index (χ1) is 5.71. The van der Waals surface area contributed by atoms with Crippen LogP contribution in [-0.2, 0) is 0 Å². The van der Waals surface area contributed by atoms with Gasteiger partial charge in [-0.05, 0) is 45.5 Å². The summed E-state index contributed by atoms with van der Waals surface area (Å²) in [7, 11) is 0. The van der Waals surface area contributed by atoms with E-state index in [0.29, 0.717) is 5.41 Å². The molecule has 0 spiro atoms. The second-order valence-electron chi connectivity index (χ2n) is 3.83. The van der Waals surface area contributed by atoms with Crippen LogP contribution >= 0.6 is 27.7 Å². The van der Waals surface area contributed by atoms with Gasteiger partial charge in [0.2, 0.25) is 0 Å². The summed E-state index contributed by atoms with van der Waals surface area (Å²) in [4.78, 5) is 1.59. The van der Waals surface area contributed by atoms with Crippen molar-refractivity contribution in [3.63, 3.8) is 0 Å². The molecule has 0 aromatic rings. The number of hydrogen-bond donors (Lipinski definition) is 0. The standard InChI is InChI=1S/C10H13BrS/c1-10(6-3-7-10)8-4-2-5-9(11)12-8/h4-5H,2-3,6-7H2,1H3. The van der Waals surface area contributed by atoms with Crippen molar-refractivity contribution in [2.24, 2.45) is 5.41 Å². The molecule has 0 atom stereocenters. The molecule has 0 aromatic heterocycles. The van der Waals surface area contributed by atoms with Gasteiger partial charge in [-0.3, -0.25) is 0 Å². The van der Waals surface area contributed by atoms with Gasteiger partial charge in [0, 0.05) is 0 Å². The fourth-order valence-electron chi connectivity index (χ4n) is 1.77. The zero-order valence-corrected chi connectivity index (χ0v) is 9.67. The monoisotopic (exact) mass is 244 g/mol. The molecule has 0 N–H and O–H groups in total. The molecule has 12 heavy (non-hydrogen) atoms. The molecule has 1 aliphatic heterocycles. The minimum atomic E-state index is 0.526. The van der Waals surface area contributed by atoms with Crippen molar-refractivity contribution < 1.29 is 0 Å². The molecule has 66 valence electrons. The summed E-state index contributed by atoms with van der Waals surface area (Å²) in [6, 6.07) is 0. The molecule has 1 aliphatic carbocycles. The van der Waals surface area contributed by atoms with Crippen LogP contribution in [0.4, 0.5) is 0 Å². The molecule has 1 fully saturated rings. The van der Waals surface area contributed by atoms with Crippen LogP contribution in [0.1, 0.15) is 32.6 Å². The summed E-state index contributed by atoms with van der Waals surface area (Å²) in [6.07, 6.45) is 9.90. The first-order valence-electron chi connectivity index (χ1n) is 4.45. The van der Waals surface area contributed by atoms with E-state index in [2.05, 4.69) is 35.0 Å². The van der Waals surface area contributed by atoms with Crippen LogP contribution in [0.5, 0.6) is 0 Å². The van der Waals surface area contributed by atoms with Crippen LogP contribution < -0.4 is 0 Å². The van der Waals surface area contributed by atoms with Gasteiger partial charge < -0.3 is 0 Å². The average molecular weight is 245 g/mol. The molecule has 0 aromatic carbocycles. The minimum Gasteiger partial charge on any atom is -0.0870 e. The highest BCUT2D eigenvalue weighted by Crippen LogP contribution is 2.54. The fraction of sp³-hybridized carbons (Fsp3) is 0.600. The molecule has 2 rings (SSSR count). The summed E-state index contributed by atoms with van der Waals surface area (Å²) in [5.41, 5.74) is 0.526. The summed E-state index contributed by atoms with van der Waals surface area (Å²) >= 11 is 5.47. The maximum atomic E-state index is 3.56. The largest absolute Gasteiger partial charge is 0.0870 e. The molecule has 0 nitrogen and oxygen atoms in total. The maximum absolute atomic E-state index is 3.56. The number of hydrogen-bond acceptors (Lipinski definition) is 1. The van der Waals surface area contributed by atoms with E-state index in [4.69, 9.17) is 0 Å². The van der Waals surface area contributed by atoms with E-state index in [0.717, 1.165) is 6.42 Å². The van der Waals surface area contributed by atoms with Crippen LogP contribution in [0.15, 0.2) is 20.9 Å². The lowest BCUT2D eigenvalue weighted by atomic mass is 9.70. The van der Waals surface area contributed by atoms with Crippen LogP contribution in [0.25, 0.3) is 0 Å². The zero-order chi connectivity index (χ0) is 8.60. The van der Waals surface area contributed by atoms with Crippen LogP contribution in [0.3, 0.4) is 0 Å². The van der Waals surface area contributed by atoms with Crippen molar-refractivity contribution >= 4 is 27.7 Å². The number of halogens is 1. The Balaban J connectivity index is 2.09. The van der Waals surface area contributed by atoms with Gasteiger partial charge in [0.25, 0.3) is 0 Å². The number of thioether (sulfide) groups is 1. The lowest BCUT2D eigenvalue weighted by molar-refractivity contribution is 0.227. The Morgan fingerprint density at radius 3 is 2.67 bits per heavy atom. The SMILES string of the molecule is CC1(C2=CCC=C(Br)S2)CCC1. The van der Waals surface area contributed by atoms with Gasteiger partial charge in [0.1, 0.15) is 0 Å². The second-order valence-corrected chi connectivity index (χ2v) is 6.29. The van der Waals surface area contributed by atoms with Gasteiger partial charge in [0.05, 0.1) is 3.81 Å². The molecule has 2 heteroatoms. The van der Waals surface area contributed by atoms with Crippen LogP contribution in [0.2, 0.25) is 0 Å². The van der Waals surface area contributed by atoms with Crippen molar-refractivity contribution in [1.29, 1.82) is 0 Å². The van der Waals surface area contributed by atoms with E-state index < -0.39 is 0 Å². The van der Waals surface area contributed by atoms with Gasteiger partial charge in [-0.2, -0.15) is 0 Å². The average Bonchev–Trinajstić information content (AvgIpc) is 2.00. The van der Waals surface area contributed by atoms with E-state index in [-0.39, 0.29) is 0 Å². The van der Waals surface area contributed by atoms with Gasteiger partial charge in [-0.25, -0.2) is 0 Å². The smallest absolute Gasteiger partial charge is 0.0511 e. The Bertz CT molecular complexity index is 249. The van der Waals surface area contributed by atoms with Crippen molar-refractivity contribution in [2.75, 3.05) is 0 Å². The molecule has 0 amide bonds. The van der Waals surface area contributed by atoms with Gasteiger partial charge >= 0.3 is 0 Å². The first-order valence-corrected chi connectivity index (χ1v) is 6.06. The van der Waals surface area contributed by atoms with Crippen molar-refractivity contribution in [3.8, 4) is 0 Å². The molecule has 1 heterocycles. The van der Waals surface area contributed by atoms with E-state index in [9.17, 15) is 0 Å². The minimum absolute atomic E-state index is 0.526. The third kappa shape index (κ3) is 1.51. The number of rotatable bonds is 1. The normalized spacial score (nSPS) is 27.2.